The van der Waals surface area contributed by atoms with E-state index in [0.29, 0.717) is 16.3 Å². The van der Waals surface area contributed by atoms with Crippen molar-refractivity contribution in [2.24, 2.45) is 0 Å². The van der Waals surface area contributed by atoms with Crippen LogP contribution in [0.4, 0.5) is 0 Å². The number of hydrogen-bond donors (Lipinski definition) is 0. The molecule has 0 N–H and O–H groups in total. The van der Waals surface area contributed by atoms with Gasteiger partial charge >= 0.3 is 5.97 Å². The molecule has 5 heteroatoms. The highest BCUT2D eigenvalue weighted by atomic mass is 35.5. The van der Waals surface area contributed by atoms with Gasteiger partial charge < -0.3 is 9.47 Å². The summed E-state index contributed by atoms with van der Waals surface area (Å²) in [5.41, 5.74) is 1.61. The molecule has 28 heavy (non-hydrogen) atoms. The average Bonchev–Trinajstić information content (AvgIpc) is 2.73. The molecule has 0 aliphatic heterocycles. The lowest BCUT2D eigenvalue weighted by atomic mass is 10.1. The van der Waals surface area contributed by atoms with Gasteiger partial charge in [0.2, 0.25) is 0 Å². The molecule has 3 rings (SSSR count). The van der Waals surface area contributed by atoms with Gasteiger partial charge in [0.25, 0.3) is 0 Å². The predicted molar refractivity (Wildman–Crippen MR) is 109 cm³/mol. The topological polar surface area (TPSA) is 52.6 Å². The normalized spacial score (nSPS) is 10.6. The zero-order valence-corrected chi connectivity index (χ0v) is 15.8. The van der Waals surface area contributed by atoms with Crippen LogP contribution in [0.2, 0.25) is 5.02 Å². The fourth-order valence-corrected chi connectivity index (χ4v) is 2.74. The van der Waals surface area contributed by atoms with Crippen LogP contribution in [0.3, 0.4) is 0 Å². The van der Waals surface area contributed by atoms with Gasteiger partial charge in [-0.25, -0.2) is 4.79 Å². The molecular weight excluding hydrogens is 376 g/mol. The smallest absolute Gasteiger partial charge is 0.345 e. The monoisotopic (exact) mass is 392 g/mol. The van der Waals surface area contributed by atoms with Crippen LogP contribution in [0.15, 0.2) is 78.9 Å². The third kappa shape index (κ3) is 4.67. The molecule has 0 unspecified atom stereocenters. The summed E-state index contributed by atoms with van der Waals surface area (Å²) in [6.07, 6.45) is 3.16. The maximum atomic E-state index is 12.3. The number of methoxy groups -OCH3 is 1. The summed E-state index contributed by atoms with van der Waals surface area (Å²) in [5.74, 6) is -0.0473. The van der Waals surface area contributed by atoms with E-state index >= 15 is 0 Å². The fraction of sp³-hybridized carbons (Fsp3) is 0.0435. The summed E-state index contributed by atoms with van der Waals surface area (Å²) in [7, 11) is 1.48. The Labute approximate surface area is 168 Å². The number of carbonyl (C=O) groups excluding carboxylic acids is 2. The van der Waals surface area contributed by atoms with E-state index in [2.05, 4.69) is 0 Å². The molecule has 0 aromatic heterocycles. The molecule has 4 nitrogen and oxygen atoms in total. The molecule has 0 bridgehead atoms. The number of hydrogen-bond acceptors (Lipinski definition) is 4. The van der Waals surface area contributed by atoms with Gasteiger partial charge in [-0.05, 0) is 35.9 Å². The van der Waals surface area contributed by atoms with Crippen molar-refractivity contribution < 1.29 is 19.1 Å². The van der Waals surface area contributed by atoms with E-state index in [1.54, 1.807) is 60.7 Å². The van der Waals surface area contributed by atoms with E-state index in [9.17, 15) is 9.59 Å². The van der Waals surface area contributed by atoms with Crippen LogP contribution in [0.1, 0.15) is 26.3 Å². The molecule has 0 fully saturated rings. The molecule has 0 amide bonds. The lowest BCUT2D eigenvalue weighted by Crippen LogP contribution is -2.09. The van der Waals surface area contributed by atoms with Crippen molar-refractivity contribution >= 4 is 29.4 Å². The van der Waals surface area contributed by atoms with Crippen molar-refractivity contribution in [2.45, 2.75) is 0 Å². The third-order valence-corrected chi connectivity index (χ3v) is 4.30. The quantitative estimate of drug-likeness (QED) is 0.242. The van der Waals surface area contributed by atoms with E-state index in [1.807, 2.05) is 18.2 Å². The summed E-state index contributed by atoms with van der Waals surface area (Å²) in [6, 6.07) is 20.7. The van der Waals surface area contributed by atoms with Crippen LogP contribution in [-0.2, 0) is 0 Å². The minimum atomic E-state index is -0.577. The van der Waals surface area contributed by atoms with Crippen LogP contribution in [0.5, 0.6) is 11.5 Å². The minimum absolute atomic E-state index is 0.103. The number of ketones is 1. The van der Waals surface area contributed by atoms with Gasteiger partial charge in [-0.1, -0.05) is 66.2 Å². The van der Waals surface area contributed by atoms with Gasteiger partial charge in [0.15, 0.2) is 17.3 Å². The second-order valence-electron chi connectivity index (χ2n) is 5.84. The molecule has 0 heterocycles. The molecule has 0 aliphatic carbocycles. The minimum Gasteiger partial charge on any atom is -0.493 e. The molecule has 3 aromatic carbocycles. The Morgan fingerprint density at radius 3 is 2.32 bits per heavy atom. The lowest BCUT2D eigenvalue weighted by Gasteiger charge is -2.10. The van der Waals surface area contributed by atoms with E-state index < -0.39 is 5.97 Å². The third-order valence-electron chi connectivity index (χ3n) is 3.97. The number of allylic oxidation sites excluding steroid dienone is 1. The molecule has 140 valence electrons. The first-order chi connectivity index (χ1) is 13.6. The van der Waals surface area contributed by atoms with E-state index in [1.165, 1.54) is 13.2 Å². The van der Waals surface area contributed by atoms with Gasteiger partial charge in [-0.2, -0.15) is 0 Å². The maximum Gasteiger partial charge on any atom is 0.345 e. The number of rotatable bonds is 6. The predicted octanol–water partition coefficient (Wildman–Crippen LogP) is 5.46. The van der Waals surface area contributed by atoms with E-state index in [4.69, 9.17) is 21.1 Å². The second-order valence-corrected chi connectivity index (χ2v) is 6.25. The van der Waals surface area contributed by atoms with Crippen molar-refractivity contribution in [3.8, 4) is 11.5 Å². The first-order valence-corrected chi connectivity index (χ1v) is 8.88. The SMILES string of the molecule is COc1cc(/C=C/C(=O)c2ccccc2)ccc1OC(=O)c1ccccc1Cl. The van der Waals surface area contributed by atoms with Gasteiger partial charge in [-0.3, -0.25) is 4.79 Å². The van der Waals surface area contributed by atoms with Crippen molar-refractivity contribution in [1.82, 2.24) is 0 Å². The van der Waals surface area contributed by atoms with Crippen LogP contribution in [-0.4, -0.2) is 18.9 Å². The van der Waals surface area contributed by atoms with Crippen molar-refractivity contribution in [3.63, 3.8) is 0 Å². The van der Waals surface area contributed by atoms with Crippen molar-refractivity contribution in [2.75, 3.05) is 7.11 Å². The second kappa shape index (κ2) is 9.02. The Morgan fingerprint density at radius 1 is 0.893 bits per heavy atom. The van der Waals surface area contributed by atoms with Gasteiger partial charge in [-0.15, -0.1) is 0 Å². The average molecular weight is 393 g/mol. The first-order valence-electron chi connectivity index (χ1n) is 8.50. The fourth-order valence-electron chi connectivity index (χ4n) is 2.52. The molecule has 3 aromatic rings. The Bertz CT molecular complexity index is 1030. The number of halogens is 1. The lowest BCUT2D eigenvalue weighted by molar-refractivity contribution is 0.0729. The van der Waals surface area contributed by atoms with Gasteiger partial charge in [0.1, 0.15) is 0 Å². The van der Waals surface area contributed by atoms with Crippen LogP contribution >= 0.6 is 11.6 Å². The molecule has 0 aliphatic rings. The zero-order valence-electron chi connectivity index (χ0n) is 15.1. The number of ether oxygens (including phenoxy) is 2. The number of esters is 1. The van der Waals surface area contributed by atoms with E-state index in [0.717, 1.165) is 5.56 Å². The molecule has 0 spiro atoms. The summed E-state index contributed by atoms with van der Waals surface area (Å²) in [5, 5.41) is 0.311. The summed E-state index contributed by atoms with van der Waals surface area (Å²) >= 11 is 6.03. The van der Waals surface area contributed by atoms with Gasteiger partial charge in [0.05, 0.1) is 17.7 Å². The molecule has 0 saturated heterocycles. The first kappa shape index (κ1) is 19.4. The van der Waals surface area contributed by atoms with Crippen LogP contribution < -0.4 is 9.47 Å². The van der Waals surface area contributed by atoms with Gasteiger partial charge in [0, 0.05) is 5.56 Å². The Kier molecular flexibility index (Phi) is 6.25. The highest BCUT2D eigenvalue weighted by Gasteiger charge is 2.15. The molecular formula is C23H17ClO4. The van der Waals surface area contributed by atoms with Crippen molar-refractivity contribution in [1.29, 1.82) is 0 Å². The highest BCUT2D eigenvalue weighted by molar-refractivity contribution is 6.33. The number of benzene rings is 3. The van der Waals surface area contributed by atoms with E-state index in [-0.39, 0.29) is 17.1 Å². The summed E-state index contributed by atoms with van der Waals surface area (Å²) < 4.78 is 10.7. The van der Waals surface area contributed by atoms with Crippen molar-refractivity contribution in [3.05, 3.63) is 101 Å². The maximum absolute atomic E-state index is 12.3. The summed E-state index contributed by atoms with van der Waals surface area (Å²) in [4.78, 5) is 24.5. The summed E-state index contributed by atoms with van der Waals surface area (Å²) in [6.45, 7) is 0. The zero-order chi connectivity index (χ0) is 19.9. The Hall–Kier alpha value is -3.37. The molecule has 0 atom stereocenters. The molecule has 0 radical (unpaired) electrons. The molecule has 0 saturated carbocycles. The number of carbonyl (C=O) groups is 2. The van der Waals surface area contributed by atoms with Crippen LogP contribution in [0.25, 0.3) is 6.08 Å². The van der Waals surface area contributed by atoms with Crippen LogP contribution in [0, 0.1) is 0 Å². The Morgan fingerprint density at radius 2 is 1.61 bits per heavy atom. The highest BCUT2D eigenvalue weighted by Crippen LogP contribution is 2.30. The Balaban J connectivity index is 1.77. The standard InChI is InChI=1S/C23H17ClO4/c1-27-22-15-16(11-13-20(25)17-7-3-2-4-8-17)12-14-21(22)28-23(26)18-9-5-6-10-19(18)24/h2-15H,1H3/b13-11+. The largest absolute Gasteiger partial charge is 0.493 e.